The number of nitrogens with zero attached hydrogens (tertiary/aromatic N) is 3. The van der Waals surface area contributed by atoms with Gasteiger partial charge in [-0.1, -0.05) is 30.6 Å². The van der Waals surface area contributed by atoms with Crippen LogP contribution in [0.4, 0.5) is 5.13 Å². The van der Waals surface area contributed by atoms with Crippen LogP contribution in [0.25, 0.3) is 21.5 Å². The van der Waals surface area contributed by atoms with Gasteiger partial charge >= 0.3 is 0 Å². The van der Waals surface area contributed by atoms with Gasteiger partial charge in [0, 0.05) is 36.6 Å². The van der Waals surface area contributed by atoms with Crippen LogP contribution in [0.2, 0.25) is 0 Å². The van der Waals surface area contributed by atoms with Gasteiger partial charge in [0.2, 0.25) is 0 Å². The maximum Gasteiger partial charge on any atom is 0.183 e. The van der Waals surface area contributed by atoms with Crippen molar-refractivity contribution < 1.29 is 4.74 Å². The van der Waals surface area contributed by atoms with Crippen molar-refractivity contribution >= 4 is 26.7 Å². The first-order valence-corrected chi connectivity index (χ1v) is 10.9. The highest BCUT2D eigenvalue weighted by Crippen LogP contribution is 2.32. The molecule has 0 radical (unpaired) electrons. The van der Waals surface area contributed by atoms with Crippen molar-refractivity contribution in [2.24, 2.45) is 5.92 Å². The third-order valence-electron chi connectivity index (χ3n) is 5.39. The number of fused-ring (bicyclic) bond motifs is 1. The normalized spacial score (nSPS) is 14.9. The topological polar surface area (TPSA) is 75.7 Å². The molecule has 1 saturated carbocycles. The van der Waals surface area contributed by atoms with Crippen LogP contribution in [-0.4, -0.2) is 26.7 Å². The molecule has 7 heteroatoms. The molecule has 0 amide bonds. The number of H-pyrrole nitrogens is 1. The van der Waals surface area contributed by atoms with Gasteiger partial charge in [-0.15, -0.1) is 0 Å². The van der Waals surface area contributed by atoms with Gasteiger partial charge in [0.05, 0.1) is 22.1 Å². The Kier molecular flexibility index (Phi) is 5.13. The summed E-state index contributed by atoms with van der Waals surface area (Å²) in [5.74, 6) is 2.32. The first kappa shape index (κ1) is 18.1. The summed E-state index contributed by atoms with van der Waals surface area (Å²) in [4.78, 5) is 9.10. The van der Waals surface area contributed by atoms with E-state index in [1.54, 1.807) is 23.7 Å². The summed E-state index contributed by atoms with van der Waals surface area (Å²) < 4.78 is 7.20. The van der Waals surface area contributed by atoms with Crippen LogP contribution >= 0.6 is 11.3 Å². The average Bonchev–Trinajstić information content (AvgIpc) is 3.43. The molecule has 0 atom stereocenters. The molecule has 0 unspecified atom stereocenters. The van der Waals surface area contributed by atoms with E-state index in [0.29, 0.717) is 0 Å². The lowest BCUT2D eigenvalue weighted by molar-refractivity contribution is 0.373. The SMILES string of the molecule is c1cc(Oc2ccc3nc(NCC4CCCCC4)sc3c2)cc(-c2cn[nH]c2)n1. The summed E-state index contributed by atoms with van der Waals surface area (Å²) in [6.07, 6.45) is 12.1. The number of benzene rings is 1. The zero-order valence-corrected chi connectivity index (χ0v) is 16.9. The van der Waals surface area contributed by atoms with Crippen LogP contribution in [0, 0.1) is 5.92 Å². The molecule has 29 heavy (non-hydrogen) atoms. The molecule has 3 aromatic heterocycles. The number of pyridine rings is 1. The molecule has 2 N–H and O–H groups in total. The van der Waals surface area contributed by atoms with Crippen LogP contribution < -0.4 is 10.1 Å². The Bertz CT molecular complexity index is 1090. The minimum atomic E-state index is 0.746. The van der Waals surface area contributed by atoms with E-state index in [2.05, 4.69) is 26.6 Å². The van der Waals surface area contributed by atoms with Crippen LogP contribution in [0.5, 0.6) is 11.5 Å². The monoisotopic (exact) mass is 405 g/mol. The van der Waals surface area contributed by atoms with Crippen LogP contribution in [0.15, 0.2) is 48.9 Å². The molecule has 1 aromatic carbocycles. The number of ether oxygens (including phenoxy) is 1. The van der Waals surface area contributed by atoms with Crippen molar-refractivity contribution in [1.82, 2.24) is 20.2 Å². The Morgan fingerprint density at radius 1 is 1.10 bits per heavy atom. The van der Waals surface area contributed by atoms with Crippen LogP contribution in [0.1, 0.15) is 32.1 Å². The Morgan fingerprint density at radius 3 is 2.86 bits per heavy atom. The maximum atomic E-state index is 6.08. The number of aromatic amines is 1. The summed E-state index contributed by atoms with van der Waals surface area (Å²) in [7, 11) is 0. The molecule has 0 spiro atoms. The lowest BCUT2D eigenvalue weighted by Gasteiger charge is -2.21. The van der Waals surface area contributed by atoms with Gasteiger partial charge in [0.1, 0.15) is 11.5 Å². The second kappa shape index (κ2) is 8.21. The molecule has 148 valence electrons. The van der Waals surface area contributed by atoms with Gasteiger partial charge in [-0.3, -0.25) is 10.1 Å². The number of anilines is 1. The van der Waals surface area contributed by atoms with E-state index in [1.807, 2.05) is 30.5 Å². The zero-order valence-electron chi connectivity index (χ0n) is 16.1. The van der Waals surface area contributed by atoms with E-state index in [9.17, 15) is 0 Å². The Labute approximate surface area is 173 Å². The number of aromatic nitrogens is 4. The molecule has 4 aromatic rings. The molecule has 1 aliphatic carbocycles. The second-order valence-electron chi connectivity index (χ2n) is 7.50. The van der Waals surface area contributed by atoms with Crippen LogP contribution in [-0.2, 0) is 0 Å². The van der Waals surface area contributed by atoms with E-state index in [1.165, 1.54) is 32.1 Å². The highest BCUT2D eigenvalue weighted by atomic mass is 32.1. The molecule has 1 fully saturated rings. The quantitative estimate of drug-likeness (QED) is 0.420. The minimum absolute atomic E-state index is 0.746. The highest BCUT2D eigenvalue weighted by Gasteiger charge is 2.14. The van der Waals surface area contributed by atoms with Gasteiger partial charge in [0.25, 0.3) is 0 Å². The molecule has 0 saturated heterocycles. The van der Waals surface area contributed by atoms with Crippen molar-refractivity contribution in [3.8, 4) is 22.8 Å². The molecule has 0 aliphatic heterocycles. The minimum Gasteiger partial charge on any atom is -0.457 e. The van der Waals surface area contributed by atoms with E-state index in [-0.39, 0.29) is 0 Å². The van der Waals surface area contributed by atoms with E-state index >= 15 is 0 Å². The van der Waals surface area contributed by atoms with Crippen molar-refractivity contribution in [3.05, 3.63) is 48.9 Å². The average molecular weight is 406 g/mol. The molecule has 0 bridgehead atoms. The summed E-state index contributed by atoms with van der Waals surface area (Å²) >= 11 is 1.68. The Balaban J connectivity index is 1.29. The fourth-order valence-electron chi connectivity index (χ4n) is 3.83. The number of nitrogens with one attached hydrogen (secondary N) is 2. The fraction of sp³-hybridized carbons (Fsp3) is 0.318. The van der Waals surface area contributed by atoms with Crippen LogP contribution in [0.3, 0.4) is 0 Å². The predicted molar refractivity (Wildman–Crippen MR) is 117 cm³/mol. The van der Waals surface area contributed by atoms with Crippen molar-refractivity contribution in [1.29, 1.82) is 0 Å². The Hall–Kier alpha value is -2.93. The number of hydrogen-bond donors (Lipinski definition) is 2. The first-order valence-electron chi connectivity index (χ1n) is 10.1. The van der Waals surface area contributed by atoms with Gasteiger partial charge in [0.15, 0.2) is 5.13 Å². The van der Waals surface area contributed by atoms with Gasteiger partial charge < -0.3 is 10.1 Å². The number of hydrogen-bond acceptors (Lipinski definition) is 6. The van der Waals surface area contributed by atoms with Crippen molar-refractivity contribution in [2.45, 2.75) is 32.1 Å². The van der Waals surface area contributed by atoms with E-state index in [4.69, 9.17) is 9.72 Å². The van der Waals surface area contributed by atoms with E-state index in [0.717, 1.165) is 50.6 Å². The first-order chi connectivity index (χ1) is 14.3. The highest BCUT2D eigenvalue weighted by molar-refractivity contribution is 7.22. The molecule has 3 heterocycles. The standard InChI is InChI=1S/C22H23N5OS/c1-2-4-15(5-3-1)12-24-22-27-19-7-6-17(11-21(19)29-22)28-18-8-9-23-20(10-18)16-13-25-26-14-16/h6-11,13-15H,1-5,12H2,(H,24,27)(H,25,26). The molecule has 5 rings (SSSR count). The third kappa shape index (κ3) is 4.24. The summed E-state index contributed by atoms with van der Waals surface area (Å²) in [6, 6.07) is 9.81. The third-order valence-corrected chi connectivity index (χ3v) is 6.36. The lowest BCUT2D eigenvalue weighted by Crippen LogP contribution is -2.16. The van der Waals surface area contributed by atoms with Gasteiger partial charge in [-0.25, -0.2) is 4.98 Å². The van der Waals surface area contributed by atoms with Gasteiger partial charge in [-0.2, -0.15) is 5.10 Å². The predicted octanol–water partition coefficient (Wildman–Crippen LogP) is 5.87. The smallest absolute Gasteiger partial charge is 0.183 e. The summed E-state index contributed by atoms with van der Waals surface area (Å²) in [6.45, 7) is 1.02. The largest absolute Gasteiger partial charge is 0.457 e. The summed E-state index contributed by atoms with van der Waals surface area (Å²) in [5.41, 5.74) is 2.76. The molecular weight excluding hydrogens is 382 g/mol. The Morgan fingerprint density at radius 2 is 2.00 bits per heavy atom. The zero-order chi connectivity index (χ0) is 19.5. The number of rotatable bonds is 6. The molecule has 1 aliphatic rings. The number of thiazole rings is 1. The fourth-order valence-corrected chi connectivity index (χ4v) is 4.73. The molecular formula is C22H23N5OS. The second-order valence-corrected chi connectivity index (χ2v) is 8.53. The van der Waals surface area contributed by atoms with Crippen molar-refractivity contribution in [3.63, 3.8) is 0 Å². The van der Waals surface area contributed by atoms with E-state index < -0.39 is 0 Å². The molecule has 6 nitrogen and oxygen atoms in total. The summed E-state index contributed by atoms with van der Waals surface area (Å²) in [5, 5.41) is 11.3. The van der Waals surface area contributed by atoms with Gasteiger partial charge in [-0.05, 0) is 37.0 Å². The maximum absolute atomic E-state index is 6.08. The lowest BCUT2D eigenvalue weighted by atomic mass is 9.89. The van der Waals surface area contributed by atoms with Crippen molar-refractivity contribution in [2.75, 3.05) is 11.9 Å².